The molecule has 4 nitrogen and oxygen atoms in total. The molecule has 182 valence electrons. The lowest BCUT2D eigenvalue weighted by Gasteiger charge is -2.19. The van der Waals surface area contributed by atoms with Gasteiger partial charge in [0.05, 0.1) is 12.7 Å². The zero-order chi connectivity index (χ0) is 24.3. The van der Waals surface area contributed by atoms with Crippen LogP contribution in [-0.2, 0) is 35.2 Å². The molecule has 2 aromatic carbocycles. The number of halogens is 3. The van der Waals surface area contributed by atoms with Crippen LogP contribution >= 0.6 is 0 Å². The van der Waals surface area contributed by atoms with E-state index in [0.717, 1.165) is 50.5 Å². The van der Waals surface area contributed by atoms with Gasteiger partial charge in [-0.2, -0.15) is 13.2 Å². The number of alkyl halides is 3. The lowest BCUT2D eigenvalue weighted by atomic mass is 9.91. The minimum absolute atomic E-state index is 0.0275. The van der Waals surface area contributed by atoms with E-state index in [1.807, 2.05) is 18.2 Å². The Labute approximate surface area is 197 Å². The van der Waals surface area contributed by atoms with Gasteiger partial charge in [-0.25, -0.2) is 0 Å². The fraction of sp³-hybridized carbons (Fsp3) is 0.444. The van der Waals surface area contributed by atoms with Gasteiger partial charge in [-0.1, -0.05) is 25.0 Å². The number of nitrogens with one attached hydrogen (secondary N) is 1. The van der Waals surface area contributed by atoms with E-state index < -0.39 is 11.7 Å². The van der Waals surface area contributed by atoms with Crippen LogP contribution in [0.5, 0.6) is 5.75 Å². The molecule has 0 bridgehead atoms. The zero-order valence-electron chi connectivity index (χ0n) is 19.6. The van der Waals surface area contributed by atoms with Gasteiger partial charge in [0.15, 0.2) is 0 Å². The quantitative estimate of drug-likeness (QED) is 0.412. The summed E-state index contributed by atoms with van der Waals surface area (Å²) >= 11 is 0. The molecule has 0 saturated heterocycles. The monoisotopic (exact) mass is 473 g/mol. The molecule has 0 spiro atoms. The maximum atomic E-state index is 13.7. The van der Waals surface area contributed by atoms with Crippen LogP contribution in [0.15, 0.2) is 36.4 Å². The largest absolute Gasteiger partial charge is 0.489 e. The molecule has 2 aliphatic rings. The number of hydrogen-bond acceptors (Lipinski definition) is 3. The number of ether oxygens (including phenoxy) is 2. The predicted octanol–water partition coefficient (Wildman–Crippen LogP) is 7.09. The summed E-state index contributed by atoms with van der Waals surface area (Å²) in [6.07, 6.45) is 2.69. The maximum Gasteiger partial charge on any atom is 0.416 e. The van der Waals surface area contributed by atoms with Crippen molar-refractivity contribution in [3.05, 3.63) is 64.3 Å². The topological polar surface area (TPSA) is 51.3 Å². The molecule has 5 rings (SSSR count). The number of aromatic amines is 1. The molecule has 0 amide bonds. The molecule has 3 aromatic rings. The van der Waals surface area contributed by atoms with E-state index in [4.69, 9.17) is 4.74 Å². The minimum Gasteiger partial charge on any atom is -0.489 e. The summed E-state index contributed by atoms with van der Waals surface area (Å²) in [5.74, 6) is 0.476. The SMILES string of the molecule is COC(C)=O.FC(F)(F)c1cc(COc2ccc3[nH]c4c(c3c2)CCC4)ccc1C1CCCC1. The van der Waals surface area contributed by atoms with Crippen LogP contribution in [-0.4, -0.2) is 18.1 Å². The number of esters is 1. The summed E-state index contributed by atoms with van der Waals surface area (Å²) in [5, 5.41) is 1.17. The van der Waals surface area contributed by atoms with Crippen LogP contribution in [0.2, 0.25) is 0 Å². The van der Waals surface area contributed by atoms with Crippen molar-refractivity contribution >= 4 is 16.9 Å². The van der Waals surface area contributed by atoms with Gasteiger partial charge in [-0.15, -0.1) is 0 Å². The Hall–Kier alpha value is -2.96. The Kier molecular flexibility index (Phi) is 7.19. The number of aryl methyl sites for hydroxylation is 2. The van der Waals surface area contributed by atoms with Crippen molar-refractivity contribution < 1.29 is 27.4 Å². The van der Waals surface area contributed by atoms with Crippen LogP contribution < -0.4 is 4.74 Å². The fourth-order valence-corrected chi connectivity index (χ4v) is 5.01. The van der Waals surface area contributed by atoms with Gasteiger partial charge in [-0.05, 0) is 79.0 Å². The number of hydrogen-bond donors (Lipinski definition) is 1. The summed E-state index contributed by atoms with van der Waals surface area (Å²) in [6.45, 7) is 1.49. The second-order valence-electron chi connectivity index (χ2n) is 9.03. The van der Waals surface area contributed by atoms with Gasteiger partial charge in [0.1, 0.15) is 12.4 Å². The first-order chi connectivity index (χ1) is 16.3. The third-order valence-electron chi connectivity index (χ3n) is 6.73. The second-order valence-corrected chi connectivity index (χ2v) is 9.03. The molecule has 1 aromatic heterocycles. The van der Waals surface area contributed by atoms with Crippen LogP contribution in [0, 0.1) is 0 Å². The molecule has 1 saturated carbocycles. The van der Waals surface area contributed by atoms with E-state index in [2.05, 4.69) is 9.72 Å². The van der Waals surface area contributed by atoms with Crippen LogP contribution in [0.25, 0.3) is 10.9 Å². The van der Waals surface area contributed by atoms with Crippen molar-refractivity contribution in [2.24, 2.45) is 0 Å². The smallest absolute Gasteiger partial charge is 0.416 e. The highest BCUT2D eigenvalue weighted by atomic mass is 19.4. The Morgan fingerprint density at radius 2 is 1.79 bits per heavy atom. The highest BCUT2D eigenvalue weighted by Gasteiger charge is 2.36. The Bertz CT molecular complexity index is 1160. The van der Waals surface area contributed by atoms with Crippen molar-refractivity contribution in [3.63, 3.8) is 0 Å². The Balaban J connectivity index is 0.000000499. The number of carbonyl (C=O) groups is 1. The summed E-state index contributed by atoms with van der Waals surface area (Å²) in [5.41, 5.74) is 4.26. The standard InChI is InChI=1S/C24H24F3NO.C3H6O2/c25-24(26,27)21-12-15(8-10-18(21)16-4-1-2-5-16)14-29-17-9-11-23-20(13-17)19-6-3-7-22(19)28-23;1-3(4)5-2/h8-13,16,28H,1-7,14H2;1-2H3. The van der Waals surface area contributed by atoms with Gasteiger partial charge in [0.25, 0.3) is 0 Å². The lowest BCUT2D eigenvalue weighted by molar-refractivity contribution is -0.139. The minimum atomic E-state index is -4.33. The van der Waals surface area contributed by atoms with Gasteiger partial charge in [0, 0.05) is 23.5 Å². The molecule has 1 N–H and O–H groups in total. The number of H-pyrrole nitrogens is 1. The highest BCUT2D eigenvalue weighted by molar-refractivity contribution is 5.86. The zero-order valence-corrected chi connectivity index (χ0v) is 19.6. The van der Waals surface area contributed by atoms with E-state index in [1.165, 1.54) is 36.7 Å². The normalized spacial score (nSPS) is 15.7. The van der Waals surface area contributed by atoms with E-state index in [-0.39, 0.29) is 18.5 Å². The average Bonchev–Trinajstić information content (AvgIpc) is 3.55. The molecular weight excluding hydrogens is 443 g/mol. The van der Waals surface area contributed by atoms with Crippen LogP contribution in [0.4, 0.5) is 13.2 Å². The van der Waals surface area contributed by atoms with E-state index >= 15 is 0 Å². The summed E-state index contributed by atoms with van der Waals surface area (Å²) in [6, 6.07) is 10.6. The molecule has 7 heteroatoms. The molecule has 2 aliphatic carbocycles. The number of rotatable bonds is 4. The number of benzene rings is 2. The molecule has 1 heterocycles. The molecule has 1 fully saturated rings. The second kappa shape index (κ2) is 10.1. The predicted molar refractivity (Wildman–Crippen MR) is 125 cm³/mol. The fourth-order valence-electron chi connectivity index (χ4n) is 5.01. The third-order valence-corrected chi connectivity index (χ3v) is 6.73. The van der Waals surface area contributed by atoms with Crippen molar-refractivity contribution in [2.45, 2.75) is 70.6 Å². The summed E-state index contributed by atoms with van der Waals surface area (Å²) in [4.78, 5) is 13.0. The first kappa shape index (κ1) is 24.2. The van der Waals surface area contributed by atoms with Crippen molar-refractivity contribution in [3.8, 4) is 5.75 Å². The molecule has 0 unspecified atom stereocenters. The third kappa shape index (κ3) is 5.40. The molecule has 0 aliphatic heterocycles. The average molecular weight is 474 g/mol. The Morgan fingerprint density at radius 1 is 1.06 bits per heavy atom. The number of aromatic nitrogens is 1. The highest BCUT2D eigenvalue weighted by Crippen LogP contribution is 2.42. The molecular formula is C27H30F3NO3. The summed E-state index contributed by atoms with van der Waals surface area (Å²) < 4.78 is 51.0. The van der Waals surface area contributed by atoms with Crippen molar-refractivity contribution in [2.75, 3.05) is 7.11 Å². The van der Waals surface area contributed by atoms with E-state index in [1.54, 1.807) is 12.1 Å². The van der Waals surface area contributed by atoms with Gasteiger partial charge in [-0.3, -0.25) is 4.79 Å². The van der Waals surface area contributed by atoms with Crippen molar-refractivity contribution in [1.82, 2.24) is 4.98 Å². The van der Waals surface area contributed by atoms with Gasteiger partial charge < -0.3 is 14.5 Å². The number of carbonyl (C=O) groups excluding carboxylic acids is 1. The van der Waals surface area contributed by atoms with Crippen LogP contribution in [0.1, 0.15) is 72.9 Å². The molecule has 34 heavy (non-hydrogen) atoms. The van der Waals surface area contributed by atoms with Crippen LogP contribution in [0.3, 0.4) is 0 Å². The van der Waals surface area contributed by atoms with Gasteiger partial charge >= 0.3 is 12.1 Å². The molecule has 0 radical (unpaired) electrons. The lowest BCUT2D eigenvalue weighted by Crippen LogP contribution is -2.12. The Morgan fingerprint density at radius 3 is 2.47 bits per heavy atom. The first-order valence-corrected chi connectivity index (χ1v) is 11.8. The maximum absolute atomic E-state index is 13.7. The van der Waals surface area contributed by atoms with Crippen molar-refractivity contribution in [1.29, 1.82) is 0 Å². The van der Waals surface area contributed by atoms with E-state index in [0.29, 0.717) is 16.9 Å². The number of methoxy groups -OCH3 is 1. The van der Waals surface area contributed by atoms with E-state index in [9.17, 15) is 18.0 Å². The summed E-state index contributed by atoms with van der Waals surface area (Å²) in [7, 11) is 1.35. The number of fused-ring (bicyclic) bond motifs is 3. The van der Waals surface area contributed by atoms with Gasteiger partial charge in [0.2, 0.25) is 0 Å². The first-order valence-electron chi connectivity index (χ1n) is 11.8. The molecule has 0 atom stereocenters.